The van der Waals surface area contributed by atoms with Gasteiger partial charge in [0.25, 0.3) is 0 Å². The van der Waals surface area contributed by atoms with Gasteiger partial charge in [-0.25, -0.2) is 4.39 Å². The van der Waals surface area contributed by atoms with Gasteiger partial charge in [0.05, 0.1) is 5.56 Å². The smallest absolute Gasteiger partial charge is 0.227 e. The summed E-state index contributed by atoms with van der Waals surface area (Å²) in [5.74, 6) is 1.62. The molecule has 2 aliphatic heterocycles. The van der Waals surface area contributed by atoms with Gasteiger partial charge in [-0.15, -0.1) is 25.0 Å². The van der Waals surface area contributed by atoms with Crippen LogP contribution in [-0.2, 0) is 17.8 Å². The number of tetrazole rings is 1. The molecular weight excluding hydrogens is 451 g/mol. The molecule has 1 aromatic carbocycles. The van der Waals surface area contributed by atoms with E-state index in [9.17, 15) is 9.18 Å². The van der Waals surface area contributed by atoms with E-state index in [1.54, 1.807) is 12.1 Å². The Kier molecular flexibility index (Phi) is 5.55. The van der Waals surface area contributed by atoms with E-state index < -0.39 is 0 Å². The van der Waals surface area contributed by atoms with E-state index in [0.29, 0.717) is 48.7 Å². The monoisotopic (exact) mass is 476 g/mol. The van der Waals surface area contributed by atoms with Crippen molar-refractivity contribution >= 4 is 23.1 Å². The first-order valence-corrected chi connectivity index (χ1v) is 12.0. The first kappa shape index (κ1) is 21.6. The third-order valence-corrected chi connectivity index (χ3v) is 6.83. The largest absolute Gasteiger partial charge is 0.355 e. The van der Waals surface area contributed by atoms with Crippen molar-refractivity contribution in [1.82, 2.24) is 40.0 Å². The van der Waals surface area contributed by atoms with Crippen molar-refractivity contribution in [2.75, 3.05) is 23.3 Å². The van der Waals surface area contributed by atoms with Crippen molar-refractivity contribution in [2.45, 2.75) is 45.1 Å². The number of aryl methyl sites for hydroxylation is 1. The van der Waals surface area contributed by atoms with Gasteiger partial charge in [-0.3, -0.25) is 4.79 Å². The molecule has 0 atom stereocenters. The first-order chi connectivity index (χ1) is 17.2. The van der Waals surface area contributed by atoms with Gasteiger partial charge in [0, 0.05) is 37.7 Å². The van der Waals surface area contributed by atoms with Gasteiger partial charge in [0.2, 0.25) is 5.91 Å². The summed E-state index contributed by atoms with van der Waals surface area (Å²) in [6, 6.07) is 8.35. The van der Waals surface area contributed by atoms with Gasteiger partial charge in [-0.1, -0.05) is 6.42 Å². The second-order valence-electron chi connectivity index (χ2n) is 9.07. The van der Waals surface area contributed by atoms with Crippen LogP contribution in [0.5, 0.6) is 0 Å². The van der Waals surface area contributed by atoms with Gasteiger partial charge in [0.15, 0.2) is 17.3 Å². The average molecular weight is 477 g/mol. The average Bonchev–Trinajstić information content (AvgIpc) is 3.45. The number of halogens is 1. The number of nitrogens with zero attached hydrogens (tertiary/aromatic N) is 9. The molecular formula is C23H25FN10O. The molecule has 6 rings (SSSR count). The molecule has 0 aliphatic carbocycles. The number of fused-ring (bicyclic) bond motifs is 2. The Bertz CT molecular complexity index is 1370. The minimum Gasteiger partial charge on any atom is -0.355 e. The number of aromatic nitrogens is 8. The number of hydrogen-bond donors (Lipinski definition) is 1. The maximum absolute atomic E-state index is 14.8. The number of rotatable bonds is 4. The normalized spacial score (nSPS) is 16.8. The number of carbonyl (C=O) groups excluding carboxylic acids is 1. The van der Waals surface area contributed by atoms with Gasteiger partial charge >= 0.3 is 0 Å². The Morgan fingerprint density at radius 3 is 2.77 bits per heavy atom. The van der Waals surface area contributed by atoms with E-state index in [1.807, 2.05) is 16.7 Å². The molecule has 1 fully saturated rings. The Hall–Kier alpha value is -3.96. The Labute approximate surface area is 200 Å². The predicted molar refractivity (Wildman–Crippen MR) is 125 cm³/mol. The van der Waals surface area contributed by atoms with Crippen LogP contribution in [0.2, 0.25) is 0 Å². The van der Waals surface area contributed by atoms with Crippen molar-refractivity contribution in [3.8, 4) is 11.4 Å². The predicted octanol–water partition coefficient (Wildman–Crippen LogP) is 2.50. The van der Waals surface area contributed by atoms with Crippen LogP contribution >= 0.6 is 0 Å². The van der Waals surface area contributed by atoms with E-state index in [0.717, 1.165) is 43.9 Å². The van der Waals surface area contributed by atoms with Crippen molar-refractivity contribution in [3.05, 3.63) is 42.0 Å². The zero-order chi connectivity index (χ0) is 23.8. The summed E-state index contributed by atoms with van der Waals surface area (Å²) >= 11 is 0. The molecule has 35 heavy (non-hydrogen) atoms. The molecule has 0 radical (unpaired) electrons. The van der Waals surface area contributed by atoms with Crippen LogP contribution in [0, 0.1) is 11.7 Å². The fraction of sp³-hybridized carbons (Fsp3) is 0.435. The summed E-state index contributed by atoms with van der Waals surface area (Å²) in [6.45, 7) is 2.17. The number of hydrogen-bond acceptors (Lipinski definition) is 8. The minimum atomic E-state index is -0.372. The molecule has 5 heterocycles. The lowest BCUT2D eigenvalue weighted by Crippen LogP contribution is -2.38. The molecule has 0 spiro atoms. The molecule has 0 saturated carbocycles. The highest BCUT2D eigenvalue weighted by atomic mass is 19.1. The van der Waals surface area contributed by atoms with Gasteiger partial charge < -0.3 is 14.8 Å². The highest BCUT2D eigenvalue weighted by Gasteiger charge is 2.27. The number of nitrogens with one attached hydrogen (secondary N) is 1. The molecule has 11 nitrogen and oxygen atoms in total. The first-order valence-electron chi connectivity index (χ1n) is 12.0. The molecule has 12 heteroatoms. The summed E-state index contributed by atoms with van der Waals surface area (Å²) in [4.78, 5) is 15.1. The van der Waals surface area contributed by atoms with Crippen LogP contribution in [-0.4, -0.2) is 59.0 Å². The summed E-state index contributed by atoms with van der Waals surface area (Å²) in [6.07, 6.45) is 5.44. The fourth-order valence-electron chi connectivity index (χ4n) is 4.88. The SMILES string of the molecule is O=C(Nc1ccc(F)c(-c2nnc3n2CCCCC3)c1)C1CCN(c2ccc3nnnn3n2)CC1. The van der Waals surface area contributed by atoms with Crippen LogP contribution in [0.25, 0.3) is 17.0 Å². The van der Waals surface area contributed by atoms with Gasteiger partial charge in [-0.2, -0.15) is 0 Å². The van der Waals surface area contributed by atoms with E-state index in [1.165, 1.54) is 10.7 Å². The molecule has 180 valence electrons. The summed E-state index contributed by atoms with van der Waals surface area (Å²) in [5, 5.41) is 27.3. The summed E-state index contributed by atoms with van der Waals surface area (Å²) < 4.78 is 18.2. The number of carbonyl (C=O) groups is 1. The van der Waals surface area contributed by atoms with E-state index in [-0.39, 0.29) is 17.6 Å². The van der Waals surface area contributed by atoms with Gasteiger partial charge in [-0.05, 0) is 66.4 Å². The lowest BCUT2D eigenvalue weighted by molar-refractivity contribution is -0.120. The molecule has 1 saturated heterocycles. The van der Waals surface area contributed by atoms with Crippen LogP contribution in [0.4, 0.5) is 15.9 Å². The maximum Gasteiger partial charge on any atom is 0.227 e. The lowest BCUT2D eigenvalue weighted by Gasteiger charge is -2.31. The van der Waals surface area contributed by atoms with Crippen LogP contribution < -0.4 is 10.2 Å². The molecule has 4 aromatic rings. The minimum absolute atomic E-state index is 0.0637. The molecule has 1 N–H and O–H groups in total. The van der Waals surface area contributed by atoms with Gasteiger partial charge in [0.1, 0.15) is 11.6 Å². The Morgan fingerprint density at radius 2 is 1.89 bits per heavy atom. The van der Waals surface area contributed by atoms with E-state index in [4.69, 9.17) is 0 Å². The zero-order valence-corrected chi connectivity index (χ0v) is 19.1. The molecule has 0 bridgehead atoms. The maximum atomic E-state index is 14.8. The lowest BCUT2D eigenvalue weighted by atomic mass is 9.95. The van der Waals surface area contributed by atoms with Crippen molar-refractivity contribution in [1.29, 1.82) is 0 Å². The quantitative estimate of drug-likeness (QED) is 0.477. The summed E-state index contributed by atoms with van der Waals surface area (Å²) in [7, 11) is 0. The van der Waals surface area contributed by atoms with Crippen LogP contribution in [0.3, 0.4) is 0 Å². The van der Waals surface area contributed by atoms with Crippen molar-refractivity contribution in [3.63, 3.8) is 0 Å². The molecule has 1 amide bonds. The zero-order valence-electron chi connectivity index (χ0n) is 19.1. The molecule has 0 unspecified atom stereocenters. The fourth-order valence-corrected chi connectivity index (χ4v) is 4.88. The second kappa shape index (κ2) is 9.01. The van der Waals surface area contributed by atoms with Crippen LogP contribution in [0.15, 0.2) is 30.3 Å². The summed E-state index contributed by atoms with van der Waals surface area (Å²) in [5.41, 5.74) is 1.51. The van der Waals surface area contributed by atoms with E-state index in [2.05, 4.69) is 41.0 Å². The van der Waals surface area contributed by atoms with Crippen molar-refractivity contribution < 1.29 is 9.18 Å². The third-order valence-electron chi connectivity index (χ3n) is 6.83. The number of benzene rings is 1. The standard InChI is InChI=1S/C23H25FN10O/c24-18-6-5-16(14-17(18)22-28-26-19-4-2-1-3-11-33(19)22)25-23(35)15-9-12-32(13-10-15)21-8-7-20-27-30-31-34(20)29-21/h5-8,14-15H,1-4,9-13H2,(H,25,35). The molecule has 2 aliphatic rings. The van der Waals surface area contributed by atoms with E-state index >= 15 is 0 Å². The highest BCUT2D eigenvalue weighted by molar-refractivity contribution is 5.93. The number of amides is 1. The highest BCUT2D eigenvalue weighted by Crippen LogP contribution is 2.29. The second-order valence-corrected chi connectivity index (χ2v) is 9.07. The number of anilines is 2. The Balaban J connectivity index is 1.13. The third kappa shape index (κ3) is 4.19. The Morgan fingerprint density at radius 1 is 1.00 bits per heavy atom. The molecule has 3 aromatic heterocycles. The number of piperidine rings is 1. The van der Waals surface area contributed by atoms with Crippen LogP contribution in [0.1, 0.15) is 37.9 Å². The van der Waals surface area contributed by atoms with Crippen molar-refractivity contribution in [2.24, 2.45) is 5.92 Å². The topological polar surface area (TPSA) is 119 Å².